The number of anilines is 1. The number of rotatable bonds is 12. The molecule has 0 saturated carbocycles. The number of carbonyl (C=O) groups is 2. The molecule has 8 nitrogen and oxygen atoms in total. The zero-order chi connectivity index (χ0) is 22.1. The van der Waals surface area contributed by atoms with Crippen LogP contribution in [0.5, 0.6) is 11.5 Å². The van der Waals surface area contributed by atoms with Gasteiger partial charge in [-0.1, -0.05) is 13.0 Å². The first-order chi connectivity index (χ1) is 14.3. The molecule has 0 heterocycles. The van der Waals surface area contributed by atoms with Crippen LogP contribution >= 0.6 is 0 Å². The fourth-order valence-electron chi connectivity index (χ4n) is 2.80. The number of benzene rings is 2. The van der Waals surface area contributed by atoms with Crippen molar-refractivity contribution in [2.45, 2.75) is 32.7 Å². The van der Waals surface area contributed by atoms with Crippen molar-refractivity contribution in [3.8, 4) is 11.5 Å². The minimum Gasteiger partial charge on any atom is -0.490 e. The molecule has 30 heavy (non-hydrogen) atoms. The monoisotopic (exact) mass is 413 g/mol. The number of hydrogen-bond acceptors (Lipinski definition) is 6. The summed E-state index contributed by atoms with van der Waals surface area (Å²) in [6.45, 7) is 4.03. The van der Waals surface area contributed by atoms with E-state index in [9.17, 15) is 14.7 Å². The first-order valence-corrected chi connectivity index (χ1v) is 9.70. The standard InChI is InChI=1S/C22H27N3O5/c1-3-5-17(26)13-30-18-11-8-15(12-19(18)29-4-2)20(22(27)28)25-16-9-6-14(7-10-16)21(23)24/h6-12,20,25H,3-5,13H2,1-2H3,(H3,23,24)(H,27,28)/t20-/m1/s1. The maximum atomic E-state index is 11.9. The molecule has 0 radical (unpaired) electrons. The van der Waals surface area contributed by atoms with E-state index in [2.05, 4.69) is 5.32 Å². The van der Waals surface area contributed by atoms with Crippen LogP contribution in [0, 0.1) is 5.41 Å². The summed E-state index contributed by atoms with van der Waals surface area (Å²) in [5.74, 6) is -0.382. The SMILES string of the molecule is CCCC(=O)COc1ccc([C@@H](Nc2ccc(C(=N)N)cc2)C(=O)O)cc1OCC. The molecule has 1 atom stereocenters. The highest BCUT2D eigenvalue weighted by atomic mass is 16.5. The number of carbonyl (C=O) groups excluding carboxylic acids is 1. The van der Waals surface area contributed by atoms with Crippen molar-refractivity contribution < 1.29 is 24.2 Å². The molecular formula is C22H27N3O5. The van der Waals surface area contributed by atoms with E-state index >= 15 is 0 Å². The van der Waals surface area contributed by atoms with Crippen LogP contribution in [0.3, 0.4) is 0 Å². The van der Waals surface area contributed by atoms with E-state index in [4.69, 9.17) is 20.6 Å². The van der Waals surface area contributed by atoms with Crippen molar-refractivity contribution in [2.75, 3.05) is 18.5 Å². The Kier molecular flexibility index (Phi) is 8.22. The molecule has 5 N–H and O–H groups in total. The number of aliphatic carboxylic acids is 1. The number of carboxylic acids is 1. The summed E-state index contributed by atoms with van der Waals surface area (Å²) in [5.41, 5.74) is 7.02. The second kappa shape index (κ2) is 10.8. The Morgan fingerprint density at radius 3 is 2.37 bits per heavy atom. The number of ketones is 1. The summed E-state index contributed by atoms with van der Waals surface area (Å²) >= 11 is 0. The van der Waals surface area contributed by atoms with E-state index < -0.39 is 12.0 Å². The van der Waals surface area contributed by atoms with Gasteiger partial charge in [-0.15, -0.1) is 0 Å². The van der Waals surface area contributed by atoms with Gasteiger partial charge in [-0.05, 0) is 55.3 Å². The molecule has 0 aliphatic rings. The van der Waals surface area contributed by atoms with Gasteiger partial charge in [0.1, 0.15) is 12.4 Å². The van der Waals surface area contributed by atoms with Gasteiger partial charge in [0.15, 0.2) is 23.3 Å². The molecular weight excluding hydrogens is 386 g/mol. The second-order valence-corrected chi connectivity index (χ2v) is 6.62. The van der Waals surface area contributed by atoms with Gasteiger partial charge in [0.05, 0.1) is 6.61 Å². The Labute approximate surface area is 175 Å². The Morgan fingerprint density at radius 2 is 1.80 bits per heavy atom. The van der Waals surface area contributed by atoms with Gasteiger partial charge in [-0.2, -0.15) is 0 Å². The fourth-order valence-corrected chi connectivity index (χ4v) is 2.80. The molecule has 2 aromatic rings. The molecule has 2 rings (SSSR count). The summed E-state index contributed by atoms with van der Waals surface area (Å²) in [4.78, 5) is 23.6. The van der Waals surface area contributed by atoms with E-state index in [0.717, 1.165) is 6.42 Å². The lowest BCUT2D eigenvalue weighted by Crippen LogP contribution is -2.21. The Balaban J connectivity index is 2.24. The highest BCUT2D eigenvalue weighted by Crippen LogP contribution is 2.32. The number of Topliss-reactive ketones (excluding diaryl/α,β-unsaturated/α-hetero) is 1. The molecule has 8 heteroatoms. The van der Waals surface area contributed by atoms with Crippen LogP contribution in [0.15, 0.2) is 42.5 Å². The summed E-state index contributed by atoms with van der Waals surface area (Å²) in [6.07, 6.45) is 1.19. The van der Waals surface area contributed by atoms with E-state index in [1.165, 1.54) is 0 Å². The maximum absolute atomic E-state index is 11.9. The normalized spacial score (nSPS) is 11.4. The lowest BCUT2D eigenvalue weighted by molar-refractivity contribution is -0.138. The number of nitrogens with two attached hydrogens (primary N) is 1. The third kappa shape index (κ3) is 6.23. The Hall–Kier alpha value is -3.55. The molecule has 0 amide bonds. The van der Waals surface area contributed by atoms with E-state index in [1.54, 1.807) is 42.5 Å². The van der Waals surface area contributed by atoms with Crippen LogP contribution in [0.2, 0.25) is 0 Å². The first kappa shape index (κ1) is 22.7. The summed E-state index contributed by atoms with van der Waals surface area (Å²) in [6, 6.07) is 10.4. The summed E-state index contributed by atoms with van der Waals surface area (Å²) in [5, 5.41) is 20.1. The van der Waals surface area contributed by atoms with Crippen molar-refractivity contribution in [3.05, 3.63) is 53.6 Å². The van der Waals surface area contributed by atoms with Gasteiger partial charge in [0, 0.05) is 17.7 Å². The number of nitrogen functional groups attached to an aromatic ring is 1. The molecule has 0 aliphatic heterocycles. The van der Waals surface area contributed by atoms with Gasteiger partial charge in [0.25, 0.3) is 0 Å². The minimum atomic E-state index is -1.07. The highest BCUT2D eigenvalue weighted by Gasteiger charge is 2.22. The number of carboxylic acid groups (broad SMARTS) is 1. The molecule has 0 unspecified atom stereocenters. The van der Waals surface area contributed by atoms with Gasteiger partial charge in [0.2, 0.25) is 0 Å². The number of ether oxygens (including phenoxy) is 2. The topological polar surface area (TPSA) is 135 Å². The van der Waals surface area contributed by atoms with E-state index in [0.29, 0.717) is 41.3 Å². The van der Waals surface area contributed by atoms with E-state index in [-0.39, 0.29) is 18.2 Å². The Bertz CT molecular complexity index is 896. The number of hydrogen-bond donors (Lipinski definition) is 4. The quantitative estimate of drug-likeness (QED) is 0.309. The van der Waals surface area contributed by atoms with Gasteiger partial charge in [-0.25, -0.2) is 4.79 Å². The minimum absolute atomic E-state index is 0.0110. The van der Waals surface area contributed by atoms with Crippen LogP contribution in [0.4, 0.5) is 5.69 Å². The molecule has 160 valence electrons. The van der Waals surface area contributed by atoms with Crippen LogP contribution < -0.4 is 20.5 Å². The van der Waals surface area contributed by atoms with Crippen molar-refractivity contribution in [1.82, 2.24) is 0 Å². The van der Waals surface area contributed by atoms with Gasteiger partial charge < -0.3 is 25.6 Å². The van der Waals surface area contributed by atoms with Crippen molar-refractivity contribution in [2.24, 2.45) is 5.73 Å². The molecule has 0 aliphatic carbocycles. The van der Waals surface area contributed by atoms with Crippen LogP contribution in [-0.2, 0) is 9.59 Å². The molecule has 0 fully saturated rings. The van der Waals surface area contributed by atoms with Crippen molar-refractivity contribution in [3.63, 3.8) is 0 Å². The predicted molar refractivity (Wildman–Crippen MR) is 114 cm³/mol. The van der Waals surface area contributed by atoms with Gasteiger partial charge in [-0.3, -0.25) is 10.2 Å². The van der Waals surface area contributed by atoms with Crippen LogP contribution in [-0.4, -0.2) is 35.9 Å². The van der Waals surface area contributed by atoms with Crippen molar-refractivity contribution >= 4 is 23.3 Å². The zero-order valence-corrected chi connectivity index (χ0v) is 17.1. The van der Waals surface area contributed by atoms with Gasteiger partial charge >= 0.3 is 5.97 Å². The second-order valence-electron chi connectivity index (χ2n) is 6.62. The fraction of sp³-hybridized carbons (Fsp3) is 0.318. The third-order valence-electron chi connectivity index (χ3n) is 4.27. The molecule has 0 aromatic heterocycles. The molecule has 0 saturated heterocycles. The summed E-state index contributed by atoms with van der Waals surface area (Å²) in [7, 11) is 0. The number of nitrogens with one attached hydrogen (secondary N) is 2. The lowest BCUT2D eigenvalue weighted by Gasteiger charge is -2.19. The van der Waals surface area contributed by atoms with Crippen LogP contribution in [0.1, 0.15) is 43.9 Å². The zero-order valence-electron chi connectivity index (χ0n) is 17.1. The highest BCUT2D eigenvalue weighted by molar-refractivity contribution is 5.95. The lowest BCUT2D eigenvalue weighted by atomic mass is 10.1. The average molecular weight is 413 g/mol. The Morgan fingerprint density at radius 1 is 1.10 bits per heavy atom. The van der Waals surface area contributed by atoms with Crippen molar-refractivity contribution in [1.29, 1.82) is 5.41 Å². The third-order valence-corrected chi connectivity index (χ3v) is 4.27. The largest absolute Gasteiger partial charge is 0.490 e. The maximum Gasteiger partial charge on any atom is 0.330 e. The predicted octanol–water partition coefficient (Wildman–Crippen LogP) is 3.36. The number of amidine groups is 1. The average Bonchev–Trinajstić information content (AvgIpc) is 2.71. The molecule has 0 spiro atoms. The summed E-state index contributed by atoms with van der Waals surface area (Å²) < 4.78 is 11.2. The smallest absolute Gasteiger partial charge is 0.330 e. The molecule has 0 bridgehead atoms. The molecule has 2 aromatic carbocycles. The first-order valence-electron chi connectivity index (χ1n) is 9.70. The van der Waals surface area contributed by atoms with Crippen LogP contribution in [0.25, 0.3) is 0 Å². The van der Waals surface area contributed by atoms with E-state index in [1.807, 2.05) is 13.8 Å².